The van der Waals surface area contributed by atoms with Gasteiger partial charge in [-0.25, -0.2) is 0 Å². The van der Waals surface area contributed by atoms with E-state index in [-0.39, 0.29) is 11.4 Å². The molecule has 1 saturated heterocycles. The monoisotopic (exact) mass is 156 g/mol. The van der Waals surface area contributed by atoms with Crippen molar-refractivity contribution < 1.29 is 14.3 Å². The number of ether oxygens (including phenoxy) is 1. The highest BCUT2D eigenvalue weighted by Gasteiger charge is 2.33. The van der Waals surface area contributed by atoms with Crippen LogP contribution in [-0.4, -0.2) is 18.4 Å². The topological polar surface area (TPSA) is 43.4 Å². The smallest absolute Gasteiger partial charge is 0.307 e. The summed E-state index contributed by atoms with van der Waals surface area (Å²) in [6, 6.07) is 0. The fourth-order valence-corrected chi connectivity index (χ4v) is 1.34. The molecule has 1 aliphatic heterocycles. The summed E-state index contributed by atoms with van der Waals surface area (Å²) in [5.41, 5.74) is -0.0824. The molecule has 1 unspecified atom stereocenters. The Morgan fingerprint density at radius 3 is 2.73 bits per heavy atom. The molecule has 11 heavy (non-hydrogen) atoms. The maximum atomic E-state index is 10.9. The van der Waals surface area contributed by atoms with Gasteiger partial charge in [0.05, 0.1) is 6.42 Å². The summed E-state index contributed by atoms with van der Waals surface area (Å²) < 4.78 is 4.76. The Balaban J connectivity index is 2.65. The molecule has 0 radical (unpaired) electrons. The second-order valence-corrected chi connectivity index (χ2v) is 3.71. The zero-order valence-corrected chi connectivity index (χ0v) is 6.79. The zero-order chi connectivity index (χ0) is 8.48. The first kappa shape index (κ1) is 8.24. The first-order valence-electron chi connectivity index (χ1n) is 3.68. The molecule has 3 heteroatoms. The van der Waals surface area contributed by atoms with Crippen molar-refractivity contribution in [3.05, 3.63) is 0 Å². The highest BCUT2D eigenvalue weighted by atomic mass is 16.5. The lowest BCUT2D eigenvalue weighted by Crippen LogP contribution is -2.35. The van der Waals surface area contributed by atoms with Gasteiger partial charge in [-0.3, -0.25) is 9.59 Å². The quantitative estimate of drug-likeness (QED) is 0.418. The van der Waals surface area contributed by atoms with Crippen molar-refractivity contribution >= 4 is 12.3 Å². The van der Waals surface area contributed by atoms with E-state index in [1.807, 2.05) is 13.8 Å². The minimum Gasteiger partial charge on any atom is -0.455 e. The lowest BCUT2D eigenvalue weighted by Gasteiger charge is -2.31. The fourth-order valence-electron chi connectivity index (χ4n) is 1.34. The van der Waals surface area contributed by atoms with E-state index in [1.165, 1.54) is 0 Å². The largest absolute Gasteiger partial charge is 0.455 e. The van der Waals surface area contributed by atoms with Crippen LogP contribution in [0.5, 0.6) is 0 Å². The molecular formula is C8H12O3. The molecule has 1 aliphatic rings. The Kier molecular flexibility index (Phi) is 1.98. The van der Waals surface area contributed by atoms with Crippen LogP contribution < -0.4 is 0 Å². The number of carbonyl (C=O) groups excluding carboxylic acids is 2. The van der Waals surface area contributed by atoms with Crippen molar-refractivity contribution in [2.24, 2.45) is 5.41 Å². The second kappa shape index (κ2) is 2.64. The standard InChI is InChI=1S/C8H12O3/c1-8(2)3-6(5-9)11-7(10)4-8/h5-6H,3-4H2,1-2H3. The van der Waals surface area contributed by atoms with E-state index in [0.29, 0.717) is 19.1 Å². The zero-order valence-electron chi connectivity index (χ0n) is 6.79. The van der Waals surface area contributed by atoms with Gasteiger partial charge in [-0.05, 0) is 11.8 Å². The van der Waals surface area contributed by atoms with E-state index in [1.54, 1.807) is 0 Å². The molecule has 0 aromatic heterocycles. The molecule has 0 bridgehead atoms. The van der Waals surface area contributed by atoms with Crippen LogP contribution in [0.1, 0.15) is 26.7 Å². The highest BCUT2D eigenvalue weighted by Crippen LogP contribution is 2.31. The van der Waals surface area contributed by atoms with Crippen LogP contribution in [-0.2, 0) is 14.3 Å². The van der Waals surface area contributed by atoms with Gasteiger partial charge in [-0.2, -0.15) is 0 Å². The average Bonchev–Trinajstić information content (AvgIpc) is 1.83. The predicted molar refractivity (Wildman–Crippen MR) is 39.0 cm³/mol. The molecule has 1 heterocycles. The van der Waals surface area contributed by atoms with Crippen molar-refractivity contribution in [2.75, 3.05) is 0 Å². The van der Waals surface area contributed by atoms with E-state index < -0.39 is 6.10 Å². The highest BCUT2D eigenvalue weighted by molar-refractivity contribution is 5.74. The summed E-state index contributed by atoms with van der Waals surface area (Å²) in [5.74, 6) is -0.265. The van der Waals surface area contributed by atoms with E-state index in [4.69, 9.17) is 4.74 Å². The molecule has 1 atom stereocenters. The summed E-state index contributed by atoms with van der Waals surface area (Å²) >= 11 is 0. The molecule has 0 amide bonds. The van der Waals surface area contributed by atoms with Gasteiger partial charge in [-0.1, -0.05) is 13.8 Å². The summed E-state index contributed by atoms with van der Waals surface area (Å²) in [7, 11) is 0. The van der Waals surface area contributed by atoms with Crippen LogP contribution in [0.25, 0.3) is 0 Å². The van der Waals surface area contributed by atoms with Gasteiger partial charge in [0.2, 0.25) is 0 Å². The lowest BCUT2D eigenvalue weighted by molar-refractivity contribution is -0.162. The Hall–Kier alpha value is -0.860. The summed E-state index contributed by atoms with van der Waals surface area (Å²) in [4.78, 5) is 21.2. The number of hydrogen-bond acceptors (Lipinski definition) is 3. The molecule has 1 fully saturated rings. The molecule has 0 aromatic carbocycles. The third-order valence-electron chi connectivity index (χ3n) is 1.81. The van der Waals surface area contributed by atoms with Crippen molar-refractivity contribution in [2.45, 2.75) is 32.8 Å². The van der Waals surface area contributed by atoms with Gasteiger partial charge < -0.3 is 4.74 Å². The van der Waals surface area contributed by atoms with E-state index >= 15 is 0 Å². The van der Waals surface area contributed by atoms with Gasteiger partial charge in [0.15, 0.2) is 12.4 Å². The Labute approximate surface area is 65.7 Å². The van der Waals surface area contributed by atoms with Crippen molar-refractivity contribution in [1.29, 1.82) is 0 Å². The minimum absolute atomic E-state index is 0.0824. The Morgan fingerprint density at radius 2 is 2.27 bits per heavy atom. The molecule has 1 rings (SSSR count). The van der Waals surface area contributed by atoms with Gasteiger partial charge in [0, 0.05) is 0 Å². The Morgan fingerprint density at radius 1 is 1.64 bits per heavy atom. The number of aldehydes is 1. The summed E-state index contributed by atoms with van der Waals surface area (Å²) in [5, 5.41) is 0. The number of cyclic esters (lactones) is 1. The van der Waals surface area contributed by atoms with Crippen LogP contribution in [0.4, 0.5) is 0 Å². The van der Waals surface area contributed by atoms with Gasteiger partial charge >= 0.3 is 5.97 Å². The van der Waals surface area contributed by atoms with Crippen molar-refractivity contribution in [3.63, 3.8) is 0 Å². The fraction of sp³-hybridized carbons (Fsp3) is 0.750. The van der Waals surface area contributed by atoms with E-state index in [2.05, 4.69) is 0 Å². The number of carbonyl (C=O) groups is 2. The summed E-state index contributed by atoms with van der Waals surface area (Å²) in [6.07, 6.45) is 1.23. The molecule has 62 valence electrons. The molecular weight excluding hydrogens is 144 g/mol. The lowest BCUT2D eigenvalue weighted by atomic mass is 9.82. The van der Waals surface area contributed by atoms with Crippen molar-refractivity contribution in [1.82, 2.24) is 0 Å². The van der Waals surface area contributed by atoms with Gasteiger partial charge in [-0.15, -0.1) is 0 Å². The first-order valence-corrected chi connectivity index (χ1v) is 3.68. The van der Waals surface area contributed by atoms with Crippen LogP contribution in [0.3, 0.4) is 0 Å². The average molecular weight is 156 g/mol. The molecule has 0 aliphatic carbocycles. The van der Waals surface area contributed by atoms with Crippen LogP contribution >= 0.6 is 0 Å². The summed E-state index contributed by atoms with van der Waals surface area (Å²) in [6.45, 7) is 3.92. The van der Waals surface area contributed by atoms with E-state index in [9.17, 15) is 9.59 Å². The third kappa shape index (κ3) is 2.03. The third-order valence-corrected chi connectivity index (χ3v) is 1.81. The van der Waals surface area contributed by atoms with Crippen LogP contribution in [0.2, 0.25) is 0 Å². The predicted octanol–water partition coefficient (Wildman–Crippen LogP) is 0.917. The molecule has 0 aromatic rings. The van der Waals surface area contributed by atoms with Crippen LogP contribution in [0.15, 0.2) is 0 Å². The number of hydrogen-bond donors (Lipinski definition) is 0. The van der Waals surface area contributed by atoms with Crippen LogP contribution in [0, 0.1) is 5.41 Å². The molecule has 0 saturated carbocycles. The van der Waals surface area contributed by atoms with Gasteiger partial charge in [0.25, 0.3) is 0 Å². The maximum absolute atomic E-state index is 10.9. The second-order valence-electron chi connectivity index (χ2n) is 3.71. The SMILES string of the molecule is CC1(C)CC(=O)OC(C=O)C1. The molecule has 0 N–H and O–H groups in total. The number of rotatable bonds is 1. The first-order chi connectivity index (χ1) is 5.03. The maximum Gasteiger partial charge on any atom is 0.307 e. The van der Waals surface area contributed by atoms with E-state index in [0.717, 1.165) is 0 Å². The van der Waals surface area contributed by atoms with Gasteiger partial charge in [0.1, 0.15) is 0 Å². The minimum atomic E-state index is -0.522. The Bertz CT molecular complexity index is 184. The molecule has 0 spiro atoms. The normalized spacial score (nSPS) is 29.3. The molecule has 3 nitrogen and oxygen atoms in total. The van der Waals surface area contributed by atoms with Crippen molar-refractivity contribution in [3.8, 4) is 0 Å². The number of esters is 1.